The quantitative estimate of drug-likeness (QED) is 0.890. The van der Waals surface area contributed by atoms with Crippen LogP contribution in [-0.4, -0.2) is 30.4 Å². The molecule has 0 radical (unpaired) electrons. The monoisotopic (exact) mass is 288 g/mol. The van der Waals surface area contributed by atoms with Crippen molar-refractivity contribution in [2.45, 2.75) is 40.5 Å². The minimum Gasteiger partial charge on any atom is -0.385 e. The Labute approximate surface area is 128 Å². The molecule has 3 heteroatoms. The normalized spacial score (nSPS) is 18.3. The molecule has 1 fully saturated rings. The van der Waals surface area contributed by atoms with Crippen molar-refractivity contribution in [1.82, 2.24) is 4.90 Å². The highest BCUT2D eigenvalue weighted by molar-refractivity contribution is 5.96. The van der Waals surface area contributed by atoms with Crippen molar-refractivity contribution in [3.05, 3.63) is 29.3 Å². The topological polar surface area (TPSA) is 32.3 Å². The lowest BCUT2D eigenvalue weighted by Gasteiger charge is -2.19. The fourth-order valence-electron chi connectivity index (χ4n) is 2.97. The van der Waals surface area contributed by atoms with Crippen LogP contribution in [0.25, 0.3) is 0 Å². The minimum absolute atomic E-state index is 0.192. The molecule has 0 aliphatic carbocycles. The van der Waals surface area contributed by atoms with Crippen molar-refractivity contribution < 1.29 is 4.79 Å². The summed E-state index contributed by atoms with van der Waals surface area (Å²) in [5, 5.41) is 3.37. The van der Waals surface area contributed by atoms with E-state index in [1.807, 2.05) is 24.0 Å². The molecule has 0 bridgehead atoms. The number of likely N-dealkylation sites (tertiary alicyclic amines) is 1. The highest BCUT2D eigenvalue weighted by Crippen LogP contribution is 2.26. The van der Waals surface area contributed by atoms with E-state index in [1.54, 1.807) is 0 Å². The first-order valence-corrected chi connectivity index (χ1v) is 8.16. The number of carbonyl (C=O) groups is 1. The number of hydrogen-bond acceptors (Lipinski definition) is 2. The molecule has 0 aromatic heterocycles. The third kappa shape index (κ3) is 3.78. The van der Waals surface area contributed by atoms with Crippen LogP contribution in [0.4, 0.5) is 5.69 Å². The largest absolute Gasteiger partial charge is 0.385 e. The Morgan fingerprint density at radius 3 is 2.76 bits per heavy atom. The first-order chi connectivity index (χ1) is 10.0. The van der Waals surface area contributed by atoms with E-state index in [-0.39, 0.29) is 5.91 Å². The molecule has 1 aliphatic rings. The number of nitrogens with one attached hydrogen (secondary N) is 1. The number of hydrogen-bond donors (Lipinski definition) is 1. The first-order valence-electron chi connectivity index (χ1n) is 8.16. The number of nitrogens with zero attached hydrogens (tertiary/aromatic N) is 1. The summed E-state index contributed by atoms with van der Waals surface area (Å²) in [5.41, 5.74) is 3.02. The van der Waals surface area contributed by atoms with E-state index in [2.05, 4.69) is 32.2 Å². The second kappa shape index (κ2) is 6.97. The molecule has 1 aliphatic heterocycles. The van der Waals surface area contributed by atoms with E-state index >= 15 is 0 Å². The number of aryl methyl sites for hydroxylation is 1. The lowest BCUT2D eigenvalue weighted by Crippen LogP contribution is -2.29. The van der Waals surface area contributed by atoms with Crippen LogP contribution in [0.2, 0.25) is 0 Å². The van der Waals surface area contributed by atoms with E-state index in [0.717, 1.165) is 49.3 Å². The molecule has 0 saturated carbocycles. The van der Waals surface area contributed by atoms with Gasteiger partial charge in [-0.3, -0.25) is 4.79 Å². The number of rotatable bonds is 5. The third-order valence-corrected chi connectivity index (χ3v) is 4.49. The van der Waals surface area contributed by atoms with E-state index in [4.69, 9.17) is 0 Å². The van der Waals surface area contributed by atoms with Crippen molar-refractivity contribution in [3.63, 3.8) is 0 Å². The van der Waals surface area contributed by atoms with Crippen LogP contribution in [0.3, 0.4) is 0 Å². The van der Waals surface area contributed by atoms with E-state index < -0.39 is 0 Å². The Morgan fingerprint density at radius 2 is 2.19 bits per heavy atom. The van der Waals surface area contributed by atoms with Gasteiger partial charge in [0.1, 0.15) is 0 Å². The lowest BCUT2D eigenvalue weighted by atomic mass is 9.95. The molecule has 1 atom stereocenters. The summed E-state index contributed by atoms with van der Waals surface area (Å²) in [6, 6.07) is 6.07. The zero-order valence-corrected chi connectivity index (χ0v) is 13.8. The summed E-state index contributed by atoms with van der Waals surface area (Å²) < 4.78 is 0. The predicted octanol–water partition coefficient (Wildman–Crippen LogP) is 3.94. The lowest BCUT2D eigenvalue weighted by molar-refractivity contribution is 0.0783. The van der Waals surface area contributed by atoms with Crippen molar-refractivity contribution in [3.8, 4) is 0 Å². The zero-order chi connectivity index (χ0) is 15.4. The average Bonchev–Trinajstić information content (AvgIpc) is 2.94. The van der Waals surface area contributed by atoms with Crippen LogP contribution < -0.4 is 5.32 Å². The summed E-state index contributed by atoms with van der Waals surface area (Å²) >= 11 is 0. The van der Waals surface area contributed by atoms with Gasteiger partial charge in [-0.15, -0.1) is 0 Å². The van der Waals surface area contributed by atoms with Crippen LogP contribution >= 0.6 is 0 Å². The standard InChI is InChI=1S/C18H28N2O/c1-5-9-19-16-6-7-17(14(4)11-16)18(21)20-10-8-15(12-20)13(2)3/h6-7,11,13,15,19H,5,8-10,12H2,1-4H3. The predicted molar refractivity (Wildman–Crippen MR) is 88.8 cm³/mol. The summed E-state index contributed by atoms with van der Waals surface area (Å²) in [7, 11) is 0. The summed E-state index contributed by atoms with van der Waals surface area (Å²) in [4.78, 5) is 14.7. The van der Waals surface area contributed by atoms with Crippen LogP contribution in [0, 0.1) is 18.8 Å². The molecular weight excluding hydrogens is 260 g/mol. The Morgan fingerprint density at radius 1 is 1.43 bits per heavy atom. The maximum Gasteiger partial charge on any atom is 0.254 e. The van der Waals surface area contributed by atoms with Crippen molar-refractivity contribution in [1.29, 1.82) is 0 Å². The molecule has 1 unspecified atom stereocenters. The van der Waals surface area contributed by atoms with Crippen LogP contribution in [0.15, 0.2) is 18.2 Å². The van der Waals surface area contributed by atoms with Gasteiger partial charge in [-0.25, -0.2) is 0 Å². The van der Waals surface area contributed by atoms with Gasteiger partial charge in [0.2, 0.25) is 0 Å². The SMILES string of the molecule is CCCNc1ccc(C(=O)N2CCC(C(C)C)C2)c(C)c1. The van der Waals surface area contributed by atoms with Crippen molar-refractivity contribution in [2.24, 2.45) is 11.8 Å². The maximum absolute atomic E-state index is 12.7. The van der Waals surface area contributed by atoms with E-state index in [9.17, 15) is 4.79 Å². The van der Waals surface area contributed by atoms with Gasteiger partial charge in [0.15, 0.2) is 0 Å². The molecule has 1 amide bonds. The Hall–Kier alpha value is -1.51. The highest BCUT2D eigenvalue weighted by atomic mass is 16.2. The molecule has 1 N–H and O–H groups in total. The zero-order valence-electron chi connectivity index (χ0n) is 13.8. The number of carbonyl (C=O) groups excluding carboxylic acids is 1. The Kier molecular flexibility index (Phi) is 5.27. The van der Waals surface area contributed by atoms with Gasteiger partial charge in [0.05, 0.1) is 0 Å². The van der Waals surface area contributed by atoms with Crippen LogP contribution in [0.1, 0.15) is 49.5 Å². The molecule has 116 valence electrons. The maximum atomic E-state index is 12.7. The molecule has 3 nitrogen and oxygen atoms in total. The summed E-state index contributed by atoms with van der Waals surface area (Å²) in [6.45, 7) is 11.4. The number of amides is 1. The summed E-state index contributed by atoms with van der Waals surface area (Å²) in [5.74, 6) is 1.50. The van der Waals surface area contributed by atoms with Crippen molar-refractivity contribution in [2.75, 3.05) is 25.0 Å². The number of anilines is 1. The Bertz CT molecular complexity index is 496. The fraction of sp³-hybridized carbons (Fsp3) is 0.611. The smallest absolute Gasteiger partial charge is 0.254 e. The van der Waals surface area contributed by atoms with Crippen molar-refractivity contribution >= 4 is 11.6 Å². The molecular formula is C18H28N2O. The molecule has 1 saturated heterocycles. The molecule has 21 heavy (non-hydrogen) atoms. The fourth-order valence-corrected chi connectivity index (χ4v) is 2.97. The second-order valence-corrected chi connectivity index (χ2v) is 6.50. The van der Waals surface area contributed by atoms with Gasteiger partial charge in [0.25, 0.3) is 5.91 Å². The average molecular weight is 288 g/mol. The molecule has 1 heterocycles. The Balaban J connectivity index is 2.06. The van der Waals surface area contributed by atoms with Gasteiger partial charge in [-0.1, -0.05) is 20.8 Å². The van der Waals surface area contributed by atoms with Crippen LogP contribution in [-0.2, 0) is 0 Å². The van der Waals surface area contributed by atoms with Gasteiger partial charge < -0.3 is 10.2 Å². The molecule has 1 aromatic rings. The molecule has 1 aromatic carbocycles. The second-order valence-electron chi connectivity index (χ2n) is 6.50. The van der Waals surface area contributed by atoms with Gasteiger partial charge >= 0.3 is 0 Å². The van der Waals surface area contributed by atoms with Gasteiger partial charge in [-0.2, -0.15) is 0 Å². The van der Waals surface area contributed by atoms with E-state index in [0.29, 0.717) is 11.8 Å². The minimum atomic E-state index is 0.192. The van der Waals surface area contributed by atoms with E-state index in [1.165, 1.54) is 0 Å². The summed E-state index contributed by atoms with van der Waals surface area (Å²) in [6.07, 6.45) is 2.24. The first kappa shape index (κ1) is 15.9. The highest BCUT2D eigenvalue weighted by Gasteiger charge is 2.29. The third-order valence-electron chi connectivity index (χ3n) is 4.49. The number of benzene rings is 1. The van der Waals surface area contributed by atoms with Crippen LogP contribution in [0.5, 0.6) is 0 Å². The molecule has 0 spiro atoms. The molecule has 2 rings (SSSR count). The van der Waals surface area contributed by atoms with Gasteiger partial charge in [-0.05, 0) is 55.4 Å². The van der Waals surface area contributed by atoms with Gasteiger partial charge in [0, 0.05) is 30.9 Å².